The Morgan fingerprint density at radius 1 is 0.682 bits per heavy atom. The number of rotatable bonds is 1. The van der Waals surface area contributed by atoms with Gasteiger partial charge >= 0.3 is 0 Å². The van der Waals surface area contributed by atoms with E-state index < -0.39 is 0 Å². The lowest BCUT2D eigenvalue weighted by atomic mass is 10.1. The van der Waals surface area contributed by atoms with Crippen molar-refractivity contribution in [1.29, 1.82) is 0 Å². The van der Waals surface area contributed by atoms with Crippen LogP contribution in [0.4, 0.5) is 17.1 Å². The zero-order chi connectivity index (χ0) is 15.1. The number of benzene rings is 3. The van der Waals surface area contributed by atoms with Gasteiger partial charge < -0.3 is 9.64 Å². The summed E-state index contributed by atoms with van der Waals surface area (Å²) in [6, 6.07) is 21.2. The van der Waals surface area contributed by atoms with Crippen molar-refractivity contribution in [2.75, 3.05) is 4.90 Å². The normalized spacial score (nSPS) is 12.4. The Morgan fingerprint density at radius 3 is 1.91 bits per heavy atom. The summed E-state index contributed by atoms with van der Waals surface area (Å²) < 4.78 is 5.98. The van der Waals surface area contributed by atoms with E-state index in [4.69, 9.17) is 27.9 Å². The van der Waals surface area contributed by atoms with Crippen LogP contribution in [-0.2, 0) is 0 Å². The fourth-order valence-electron chi connectivity index (χ4n) is 2.62. The number of anilines is 3. The van der Waals surface area contributed by atoms with Crippen molar-refractivity contribution in [2.45, 2.75) is 0 Å². The van der Waals surface area contributed by atoms with E-state index in [1.807, 2.05) is 54.6 Å². The van der Waals surface area contributed by atoms with Crippen LogP contribution in [0, 0.1) is 0 Å². The topological polar surface area (TPSA) is 12.5 Å². The molecule has 2 nitrogen and oxygen atoms in total. The molecule has 0 radical (unpaired) electrons. The minimum absolute atomic E-state index is 0.635. The van der Waals surface area contributed by atoms with Crippen molar-refractivity contribution in [2.24, 2.45) is 0 Å². The standard InChI is InChI=1S/C18H11Cl2NO/c19-12-9-10-13(20)16(11-12)21-14-5-1-3-7-17(14)22-18-8-4-2-6-15(18)21/h1-11H. The van der Waals surface area contributed by atoms with Gasteiger partial charge in [-0.15, -0.1) is 0 Å². The number of hydrogen-bond donors (Lipinski definition) is 0. The van der Waals surface area contributed by atoms with Crippen LogP contribution < -0.4 is 9.64 Å². The van der Waals surface area contributed by atoms with Crippen molar-refractivity contribution in [1.82, 2.24) is 0 Å². The summed E-state index contributed by atoms with van der Waals surface area (Å²) in [6.45, 7) is 0. The summed E-state index contributed by atoms with van der Waals surface area (Å²) in [6.07, 6.45) is 0. The summed E-state index contributed by atoms with van der Waals surface area (Å²) in [5.41, 5.74) is 2.70. The second kappa shape index (κ2) is 5.24. The van der Waals surface area contributed by atoms with Gasteiger partial charge in [-0.25, -0.2) is 0 Å². The summed E-state index contributed by atoms with van der Waals surface area (Å²) in [5, 5.41) is 1.27. The summed E-state index contributed by atoms with van der Waals surface area (Å²) in [7, 11) is 0. The molecule has 108 valence electrons. The van der Waals surface area contributed by atoms with E-state index in [1.165, 1.54) is 0 Å². The first-order valence-electron chi connectivity index (χ1n) is 6.85. The minimum atomic E-state index is 0.635. The maximum Gasteiger partial charge on any atom is 0.151 e. The summed E-state index contributed by atoms with van der Waals surface area (Å²) in [4.78, 5) is 2.07. The minimum Gasteiger partial charge on any atom is -0.453 e. The van der Waals surface area contributed by atoms with Gasteiger partial charge in [-0.3, -0.25) is 0 Å². The van der Waals surface area contributed by atoms with Crippen molar-refractivity contribution < 1.29 is 4.74 Å². The molecule has 0 aliphatic carbocycles. The monoisotopic (exact) mass is 327 g/mol. The number of nitrogens with zero attached hydrogens (tertiary/aromatic N) is 1. The molecule has 1 aliphatic heterocycles. The predicted octanol–water partition coefficient (Wildman–Crippen LogP) is 6.57. The van der Waals surface area contributed by atoms with Crippen LogP contribution in [0.3, 0.4) is 0 Å². The molecule has 0 fully saturated rings. The number of ether oxygens (including phenoxy) is 1. The third kappa shape index (κ3) is 2.12. The van der Waals surface area contributed by atoms with Crippen LogP contribution in [0.1, 0.15) is 0 Å². The van der Waals surface area contributed by atoms with E-state index in [1.54, 1.807) is 12.1 Å². The molecule has 0 spiro atoms. The second-order valence-corrected chi connectivity index (χ2v) is 5.81. The molecule has 0 aromatic heterocycles. The molecule has 0 amide bonds. The fourth-order valence-corrected chi connectivity index (χ4v) is 2.99. The van der Waals surface area contributed by atoms with E-state index in [9.17, 15) is 0 Å². The molecule has 4 heteroatoms. The zero-order valence-electron chi connectivity index (χ0n) is 11.5. The van der Waals surface area contributed by atoms with Gasteiger partial charge in [0.05, 0.1) is 22.1 Å². The first-order chi connectivity index (χ1) is 10.7. The molecule has 0 saturated heterocycles. The molecule has 3 aromatic rings. The van der Waals surface area contributed by atoms with Gasteiger partial charge in [0.25, 0.3) is 0 Å². The Hall–Kier alpha value is -2.16. The van der Waals surface area contributed by atoms with E-state index in [0.29, 0.717) is 10.0 Å². The molecule has 22 heavy (non-hydrogen) atoms. The Kier molecular flexibility index (Phi) is 3.21. The highest BCUT2D eigenvalue weighted by atomic mass is 35.5. The molecule has 0 atom stereocenters. The maximum atomic E-state index is 6.42. The van der Waals surface area contributed by atoms with Crippen LogP contribution in [0.2, 0.25) is 10.0 Å². The van der Waals surface area contributed by atoms with Gasteiger partial charge in [0.15, 0.2) is 11.5 Å². The van der Waals surface area contributed by atoms with Crippen LogP contribution in [0.15, 0.2) is 66.7 Å². The van der Waals surface area contributed by atoms with Crippen LogP contribution in [0.5, 0.6) is 11.5 Å². The molecule has 1 aliphatic rings. The summed E-state index contributed by atoms with van der Waals surface area (Å²) >= 11 is 12.6. The Morgan fingerprint density at radius 2 is 1.27 bits per heavy atom. The smallest absolute Gasteiger partial charge is 0.151 e. The molecular formula is C18H11Cl2NO. The van der Waals surface area contributed by atoms with Gasteiger partial charge in [0.1, 0.15) is 0 Å². The van der Waals surface area contributed by atoms with E-state index >= 15 is 0 Å². The van der Waals surface area contributed by atoms with Crippen LogP contribution >= 0.6 is 23.2 Å². The average Bonchev–Trinajstić information content (AvgIpc) is 2.55. The van der Waals surface area contributed by atoms with Gasteiger partial charge in [-0.2, -0.15) is 0 Å². The third-order valence-electron chi connectivity index (χ3n) is 3.58. The van der Waals surface area contributed by atoms with Crippen molar-refractivity contribution in [3.05, 3.63) is 76.8 Å². The number of halogens is 2. The lowest BCUT2D eigenvalue weighted by Crippen LogP contribution is -2.16. The van der Waals surface area contributed by atoms with Gasteiger partial charge in [-0.1, -0.05) is 47.5 Å². The summed E-state index contributed by atoms with van der Waals surface area (Å²) in [5.74, 6) is 1.58. The highest BCUT2D eigenvalue weighted by Gasteiger charge is 2.26. The van der Waals surface area contributed by atoms with Crippen molar-refractivity contribution >= 4 is 40.3 Å². The van der Waals surface area contributed by atoms with E-state index in [2.05, 4.69) is 4.90 Å². The highest BCUT2D eigenvalue weighted by molar-refractivity contribution is 6.35. The molecule has 1 heterocycles. The van der Waals surface area contributed by atoms with Crippen LogP contribution in [-0.4, -0.2) is 0 Å². The maximum absolute atomic E-state index is 6.42. The zero-order valence-corrected chi connectivity index (χ0v) is 13.0. The molecular weight excluding hydrogens is 317 g/mol. The quantitative estimate of drug-likeness (QED) is 0.392. The van der Waals surface area contributed by atoms with Gasteiger partial charge in [0.2, 0.25) is 0 Å². The molecule has 0 bridgehead atoms. The first-order valence-corrected chi connectivity index (χ1v) is 7.61. The molecule has 0 saturated carbocycles. The van der Waals surface area contributed by atoms with Crippen molar-refractivity contribution in [3.63, 3.8) is 0 Å². The SMILES string of the molecule is Clc1ccc(Cl)c(N2c3ccccc3Oc3ccccc32)c1. The largest absolute Gasteiger partial charge is 0.453 e. The third-order valence-corrected chi connectivity index (χ3v) is 4.14. The molecule has 3 aromatic carbocycles. The van der Waals surface area contributed by atoms with E-state index in [-0.39, 0.29) is 0 Å². The lowest BCUT2D eigenvalue weighted by molar-refractivity contribution is 0.477. The highest BCUT2D eigenvalue weighted by Crippen LogP contribution is 2.51. The lowest BCUT2D eigenvalue weighted by Gasteiger charge is -2.33. The number of para-hydroxylation sites is 4. The number of fused-ring (bicyclic) bond motifs is 2. The average molecular weight is 328 g/mol. The Bertz CT molecular complexity index is 818. The predicted molar refractivity (Wildman–Crippen MR) is 91.2 cm³/mol. The fraction of sp³-hybridized carbons (Fsp3) is 0. The first kappa shape index (κ1) is 13.5. The van der Waals surface area contributed by atoms with Crippen LogP contribution in [0.25, 0.3) is 0 Å². The van der Waals surface area contributed by atoms with Gasteiger partial charge in [-0.05, 0) is 42.5 Å². The Balaban J connectivity index is 2.01. The number of hydrogen-bond acceptors (Lipinski definition) is 2. The van der Waals surface area contributed by atoms with Crippen molar-refractivity contribution in [3.8, 4) is 11.5 Å². The van der Waals surface area contributed by atoms with E-state index in [0.717, 1.165) is 28.6 Å². The van der Waals surface area contributed by atoms with Gasteiger partial charge in [0, 0.05) is 5.02 Å². The second-order valence-electron chi connectivity index (χ2n) is 4.97. The molecule has 0 unspecified atom stereocenters. The molecule has 4 rings (SSSR count). The molecule has 0 N–H and O–H groups in total. The Labute approximate surface area is 138 Å².